The molecule has 1 aliphatic heterocycles. The highest BCUT2D eigenvalue weighted by molar-refractivity contribution is 5.57. The number of aliphatic hydroxyl groups is 3. The van der Waals surface area contributed by atoms with Crippen LogP contribution in [0.5, 0.6) is 0 Å². The van der Waals surface area contributed by atoms with Crippen LogP contribution in [0.4, 0.5) is 0 Å². The molecular weight excluding hydrogens is 326 g/mol. The van der Waals surface area contributed by atoms with E-state index in [9.17, 15) is 10.2 Å². The second kappa shape index (κ2) is 8.32. The molecule has 2 aromatic rings. The summed E-state index contributed by atoms with van der Waals surface area (Å²) in [6.45, 7) is -0.0682. The number of aromatic nitrogens is 3. The van der Waals surface area contributed by atoms with E-state index in [0.717, 1.165) is 11.3 Å². The Bertz CT molecular complexity index is 691. The van der Waals surface area contributed by atoms with E-state index < -0.39 is 24.6 Å². The van der Waals surface area contributed by atoms with Gasteiger partial charge in [-0.25, -0.2) is 4.68 Å². The molecule has 1 aromatic carbocycles. The molecule has 0 aliphatic carbocycles. The zero-order chi connectivity index (χ0) is 17.6. The molecule has 0 amide bonds. The van der Waals surface area contributed by atoms with Crippen molar-refractivity contribution in [3.63, 3.8) is 0 Å². The van der Waals surface area contributed by atoms with E-state index in [1.165, 1.54) is 6.08 Å². The highest BCUT2D eigenvalue weighted by atomic mass is 16.7. The number of rotatable bonds is 7. The van der Waals surface area contributed by atoms with Crippen LogP contribution in [0.15, 0.2) is 48.7 Å². The molecule has 8 nitrogen and oxygen atoms in total. The van der Waals surface area contributed by atoms with E-state index in [0.29, 0.717) is 0 Å². The topological polar surface area (TPSA) is 110 Å². The van der Waals surface area contributed by atoms with E-state index in [4.69, 9.17) is 14.6 Å². The second-order valence-corrected chi connectivity index (χ2v) is 5.78. The SMILES string of the molecule is OC[C@H]1O[C@H](OCC(O)Cn2cc(-c3ccccc3)nn2)C=C[C@@H]1O. The van der Waals surface area contributed by atoms with Gasteiger partial charge in [0.2, 0.25) is 0 Å². The molecule has 0 spiro atoms. The molecule has 0 radical (unpaired) electrons. The summed E-state index contributed by atoms with van der Waals surface area (Å²) in [7, 11) is 0. The van der Waals surface area contributed by atoms with Crippen LogP contribution in [0.1, 0.15) is 0 Å². The summed E-state index contributed by atoms with van der Waals surface area (Å²) >= 11 is 0. The lowest BCUT2D eigenvalue weighted by molar-refractivity contribution is -0.189. The fourth-order valence-electron chi connectivity index (χ4n) is 2.48. The molecule has 0 saturated carbocycles. The fourth-order valence-corrected chi connectivity index (χ4v) is 2.48. The maximum Gasteiger partial charge on any atom is 0.177 e. The molecule has 8 heteroatoms. The Morgan fingerprint density at radius 1 is 1.24 bits per heavy atom. The van der Waals surface area contributed by atoms with Gasteiger partial charge in [0.15, 0.2) is 6.29 Å². The normalized spacial score (nSPS) is 24.4. The van der Waals surface area contributed by atoms with Crippen molar-refractivity contribution >= 4 is 0 Å². The Balaban J connectivity index is 1.49. The van der Waals surface area contributed by atoms with Crippen LogP contribution < -0.4 is 0 Å². The van der Waals surface area contributed by atoms with Gasteiger partial charge in [-0.2, -0.15) is 0 Å². The quantitative estimate of drug-likeness (QED) is 0.603. The Kier molecular flexibility index (Phi) is 5.90. The van der Waals surface area contributed by atoms with Gasteiger partial charge in [-0.05, 0) is 6.08 Å². The zero-order valence-corrected chi connectivity index (χ0v) is 13.5. The van der Waals surface area contributed by atoms with Crippen LogP contribution in [0, 0.1) is 0 Å². The molecule has 3 N–H and O–H groups in total. The van der Waals surface area contributed by atoms with Crippen molar-refractivity contribution in [1.82, 2.24) is 15.0 Å². The van der Waals surface area contributed by atoms with Gasteiger partial charge in [-0.15, -0.1) is 5.10 Å². The third-order valence-corrected chi connectivity index (χ3v) is 3.79. The Morgan fingerprint density at radius 2 is 2.04 bits per heavy atom. The van der Waals surface area contributed by atoms with Crippen molar-refractivity contribution < 1.29 is 24.8 Å². The Labute approximate surface area is 144 Å². The van der Waals surface area contributed by atoms with Crippen molar-refractivity contribution in [3.8, 4) is 11.3 Å². The first-order valence-corrected chi connectivity index (χ1v) is 8.03. The average molecular weight is 347 g/mol. The summed E-state index contributed by atoms with van der Waals surface area (Å²) in [6.07, 6.45) is 1.70. The minimum atomic E-state index is -0.860. The fraction of sp³-hybridized carbons (Fsp3) is 0.412. The maximum absolute atomic E-state index is 10.1. The van der Waals surface area contributed by atoms with E-state index in [-0.39, 0.29) is 19.8 Å². The number of nitrogens with zero attached hydrogens (tertiary/aromatic N) is 3. The van der Waals surface area contributed by atoms with Gasteiger partial charge in [-0.3, -0.25) is 0 Å². The lowest BCUT2D eigenvalue weighted by Crippen LogP contribution is -2.39. The molecule has 0 saturated heterocycles. The van der Waals surface area contributed by atoms with Gasteiger partial charge in [0.25, 0.3) is 0 Å². The molecule has 134 valence electrons. The third-order valence-electron chi connectivity index (χ3n) is 3.79. The molecule has 1 aliphatic rings. The zero-order valence-electron chi connectivity index (χ0n) is 13.5. The third kappa shape index (κ3) is 4.71. The Hall–Kier alpha value is -2.10. The molecule has 1 aromatic heterocycles. The number of hydrogen-bond acceptors (Lipinski definition) is 7. The highest BCUT2D eigenvalue weighted by Gasteiger charge is 2.25. The van der Waals surface area contributed by atoms with Crippen molar-refractivity contribution in [2.24, 2.45) is 0 Å². The summed E-state index contributed by atoms with van der Waals surface area (Å²) in [6, 6.07) is 9.65. The molecule has 0 bridgehead atoms. The van der Waals surface area contributed by atoms with Crippen LogP contribution in [0.2, 0.25) is 0 Å². The van der Waals surface area contributed by atoms with Gasteiger partial charge in [0.1, 0.15) is 17.9 Å². The summed E-state index contributed by atoms with van der Waals surface area (Å²) in [4.78, 5) is 0. The van der Waals surface area contributed by atoms with Crippen LogP contribution >= 0.6 is 0 Å². The number of ether oxygens (including phenoxy) is 2. The van der Waals surface area contributed by atoms with Gasteiger partial charge in [-0.1, -0.05) is 41.6 Å². The largest absolute Gasteiger partial charge is 0.394 e. The predicted octanol–water partition coefficient (Wildman–Crippen LogP) is -0.0431. The number of benzene rings is 1. The number of aliphatic hydroxyl groups excluding tert-OH is 3. The van der Waals surface area contributed by atoms with Gasteiger partial charge in [0.05, 0.1) is 32.1 Å². The molecule has 25 heavy (non-hydrogen) atoms. The summed E-state index contributed by atoms with van der Waals surface area (Å²) in [5.74, 6) is 0. The minimum Gasteiger partial charge on any atom is -0.394 e. The van der Waals surface area contributed by atoms with E-state index in [1.54, 1.807) is 17.0 Å². The van der Waals surface area contributed by atoms with Gasteiger partial charge >= 0.3 is 0 Å². The molecule has 4 atom stereocenters. The molecule has 3 rings (SSSR count). The summed E-state index contributed by atoms with van der Waals surface area (Å²) < 4.78 is 12.4. The van der Waals surface area contributed by atoms with Crippen molar-refractivity contribution in [2.75, 3.05) is 13.2 Å². The summed E-state index contributed by atoms with van der Waals surface area (Å²) in [5, 5.41) is 36.9. The maximum atomic E-state index is 10.1. The van der Waals surface area contributed by atoms with E-state index >= 15 is 0 Å². The van der Waals surface area contributed by atoms with Gasteiger partial charge in [0, 0.05) is 5.56 Å². The van der Waals surface area contributed by atoms with Crippen LogP contribution in [0.25, 0.3) is 11.3 Å². The monoisotopic (exact) mass is 347 g/mol. The lowest BCUT2D eigenvalue weighted by atomic mass is 10.1. The van der Waals surface area contributed by atoms with E-state index in [1.807, 2.05) is 30.3 Å². The van der Waals surface area contributed by atoms with Gasteiger partial charge < -0.3 is 24.8 Å². The lowest BCUT2D eigenvalue weighted by Gasteiger charge is -2.28. The molecule has 2 heterocycles. The van der Waals surface area contributed by atoms with Crippen molar-refractivity contribution in [2.45, 2.75) is 31.1 Å². The average Bonchev–Trinajstić information content (AvgIpc) is 3.10. The summed E-state index contributed by atoms with van der Waals surface area (Å²) in [5.41, 5.74) is 1.68. The highest BCUT2D eigenvalue weighted by Crippen LogP contribution is 2.16. The second-order valence-electron chi connectivity index (χ2n) is 5.78. The van der Waals surface area contributed by atoms with Crippen LogP contribution in [-0.4, -0.2) is 68.1 Å². The first-order chi connectivity index (χ1) is 12.2. The smallest absolute Gasteiger partial charge is 0.177 e. The van der Waals surface area contributed by atoms with E-state index in [2.05, 4.69) is 10.3 Å². The molecule has 1 unspecified atom stereocenters. The number of hydrogen-bond donors (Lipinski definition) is 3. The van der Waals surface area contributed by atoms with Crippen LogP contribution in [0.3, 0.4) is 0 Å². The minimum absolute atomic E-state index is 0.0176. The first-order valence-electron chi connectivity index (χ1n) is 8.03. The Morgan fingerprint density at radius 3 is 2.80 bits per heavy atom. The van der Waals surface area contributed by atoms with Crippen molar-refractivity contribution in [1.29, 1.82) is 0 Å². The first kappa shape index (κ1) is 17.7. The molecular formula is C17H21N3O5. The predicted molar refractivity (Wildman–Crippen MR) is 88.3 cm³/mol. The standard InChI is InChI=1S/C17H21N3O5/c21-10-16-15(23)6-7-17(25-16)24-11-13(22)8-20-9-14(18-19-20)12-4-2-1-3-5-12/h1-7,9,13,15-17,21-23H,8,10-11H2/t13?,15-,16+,17-/m0/s1. The van der Waals surface area contributed by atoms with Crippen LogP contribution in [-0.2, 0) is 16.0 Å². The van der Waals surface area contributed by atoms with Crippen molar-refractivity contribution in [3.05, 3.63) is 48.7 Å². The molecule has 0 fully saturated rings.